The van der Waals surface area contributed by atoms with Crippen LogP contribution >= 0.6 is 0 Å². The van der Waals surface area contributed by atoms with Crippen LogP contribution in [0, 0.1) is 30.5 Å². The molecule has 7 rings (SSSR count). The van der Waals surface area contributed by atoms with Crippen LogP contribution in [0.2, 0.25) is 0 Å². The van der Waals surface area contributed by atoms with E-state index in [4.69, 9.17) is 0 Å². The Labute approximate surface area is 166 Å². The van der Waals surface area contributed by atoms with Crippen LogP contribution in [-0.2, 0) is 5.41 Å². The molecule has 3 aromatic rings. The highest BCUT2D eigenvalue weighted by Gasteiger charge is 2.52. The Balaban J connectivity index is 1.44. The third-order valence-electron chi connectivity index (χ3n) is 7.91. The van der Waals surface area contributed by atoms with Gasteiger partial charge in [-0.1, -0.05) is 42.0 Å². The van der Waals surface area contributed by atoms with Crippen LogP contribution in [0.4, 0.5) is 4.39 Å². The number of rotatable bonds is 2. The van der Waals surface area contributed by atoms with Gasteiger partial charge in [0.1, 0.15) is 5.82 Å². The van der Waals surface area contributed by atoms with Crippen LogP contribution in [0.5, 0.6) is 0 Å². The number of halogens is 1. The van der Waals surface area contributed by atoms with E-state index in [2.05, 4.69) is 49.4 Å². The van der Waals surface area contributed by atoms with Gasteiger partial charge in [0.15, 0.2) is 0 Å². The highest BCUT2D eigenvalue weighted by Crippen LogP contribution is 2.61. The van der Waals surface area contributed by atoms with Crippen molar-refractivity contribution >= 4 is 10.8 Å². The van der Waals surface area contributed by atoms with Gasteiger partial charge in [0.05, 0.1) is 0 Å². The van der Waals surface area contributed by atoms with Crippen molar-refractivity contribution < 1.29 is 4.39 Å². The third-order valence-corrected chi connectivity index (χ3v) is 7.91. The summed E-state index contributed by atoms with van der Waals surface area (Å²) in [6, 6.07) is 19.1. The molecule has 4 aliphatic rings. The van der Waals surface area contributed by atoms with Crippen LogP contribution in [0.15, 0.2) is 54.6 Å². The molecule has 0 N–H and O–H groups in total. The lowest BCUT2D eigenvalue weighted by molar-refractivity contribution is -0.00672. The predicted molar refractivity (Wildman–Crippen MR) is 114 cm³/mol. The molecule has 0 atom stereocenters. The molecular weight excluding hydrogens is 343 g/mol. The summed E-state index contributed by atoms with van der Waals surface area (Å²) in [5, 5.41) is 2.52. The van der Waals surface area contributed by atoms with Gasteiger partial charge in [-0.05, 0) is 114 Å². The zero-order valence-electron chi connectivity index (χ0n) is 16.5. The maximum atomic E-state index is 15.1. The molecule has 0 unspecified atom stereocenters. The largest absolute Gasteiger partial charge is 0.207 e. The van der Waals surface area contributed by atoms with E-state index in [1.54, 1.807) is 6.07 Å². The van der Waals surface area contributed by atoms with Crippen molar-refractivity contribution in [2.24, 2.45) is 17.8 Å². The molecule has 28 heavy (non-hydrogen) atoms. The molecule has 3 aromatic carbocycles. The Hall–Kier alpha value is -2.15. The summed E-state index contributed by atoms with van der Waals surface area (Å²) in [7, 11) is 0. The van der Waals surface area contributed by atoms with Crippen molar-refractivity contribution in [3.05, 3.63) is 71.5 Å². The first-order valence-electron chi connectivity index (χ1n) is 10.9. The SMILES string of the molecule is Cc1ccc2cc(-c3ccc(F)c(C45CC6CC(CC(C6)C4)C5)c3)ccc2c1. The van der Waals surface area contributed by atoms with Crippen LogP contribution in [0.1, 0.15) is 49.7 Å². The fourth-order valence-electron chi connectivity index (χ4n) is 7.10. The standard InChI is InChI=1S/C27H27F/c1-17-2-3-22-12-23(5-4-21(22)8-17)24-6-7-26(28)25(13-24)27-14-18-9-19(15-27)11-20(10-18)16-27/h2-8,12-13,18-20H,9-11,14-16H2,1H3. The summed E-state index contributed by atoms with van der Waals surface area (Å²) in [4.78, 5) is 0. The van der Waals surface area contributed by atoms with Gasteiger partial charge in [-0.25, -0.2) is 4.39 Å². The normalized spacial score (nSPS) is 30.9. The van der Waals surface area contributed by atoms with Gasteiger partial charge in [-0.2, -0.15) is 0 Å². The molecule has 0 spiro atoms. The van der Waals surface area contributed by atoms with Gasteiger partial charge in [0.2, 0.25) is 0 Å². The maximum absolute atomic E-state index is 15.1. The van der Waals surface area contributed by atoms with Gasteiger partial charge in [-0.3, -0.25) is 0 Å². The van der Waals surface area contributed by atoms with E-state index < -0.39 is 0 Å². The first kappa shape index (κ1) is 16.8. The van der Waals surface area contributed by atoms with Crippen molar-refractivity contribution in [1.29, 1.82) is 0 Å². The second-order valence-corrected chi connectivity index (χ2v) is 9.96. The number of hydrogen-bond donors (Lipinski definition) is 0. The molecular formula is C27H27F. The Morgan fingerprint density at radius 1 is 0.714 bits per heavy atom. The molecule has 4 aliphatic carbocycles. The summed E-state index contributed by atoms with van der Waals surface area (Å²) in [5.74, 6) is 2.51. The molecule has 1 heteroatoms. The van der Waals surface area contributed by atoms with Gasteiger partial charge in [0.25, 0.3) is 0 Å². The molecule has 0 nitrogen and oxygen atoms in total. The Bertz CT molecular complexity index is 1040. The van der Waals surface area contributed by atoms with Gasteiger partial charge in [0, 0.05) is 0 Å². The lowest BCUT2D eigenvalue weighted by Gasteiger charge is -2.57. The number of hydrogen-bond acceptors (Lipinski definition) is 0. The Morgan fingerprint density at radius 3 is 2.00 bits per heavy atom. The average Bonchev–Trinajstić information content (AvgIpc) is 2.67. The van der Waals surface area contributed by atoms with E-state index in [9.17, 15) is 0 Å². The predicted octanol–water partition coefficient (Wildman–Crippen LogP) is 7.42. The molecule has 0 saturated heterocycles. The van der Waals surface area contributed by atoms with E-state index in [0.29, 0.717) is 0 Å². The van der Waals surface area contributed by atoms with Gasteiger partial charge in [-0.15, -0.1) is 0 Å². The molecule has 4 fully saturated rings. The highest BCUT2D eigenvalue weighted by molar-refractivity contribution is 5.88. The van der Waals surface area contributed by atoms with Crippen LogP contribution in [0.3, 0.4) is 0 Å². The Kier molecular flexibility index (Phi) is 3.55. The molecule has 0 radical (unpaired) electrons. The third kappa shape index (κ3) is 2.55. The monoisotopic (exact) mass is 370 g/mol. The summed E-state index contributed by atoms with van der Waals surface area (Å²) in [6.07, 6.45) is 7.79. The van der Waals surface area contributed by atoms with Crippen molar-refractivity contribution in [1.82, 2.24) is 0 Å². The van der Waals surface area contributed by atoms with Gasteiger partial charge < -0.3 is 0 Å². The fraction of sp³-hybridized carbons (Fsp3) is 0.407. The lowest BCUT2D eigenvalue weighted by atomic mass is 9.48. The van der Waals surface area contributed by atoms with E-state index in [-0.39, 0.29) is 11.2 Å². The van der Waals surface area contributed by atoms with Crippen LogP contribution < -0.4 is 0 Å². The van der Waals surface area contributed by atoms with Crippen molar-refractivity contribution in [2.45, 2.75) is 50.9 Å². The zero-order chi connectivity index (χ0) is 18.9. The molecule has 4 bridgehead atoms. The van der Waals surface area contributed by atoms with E-state index in [1.165, 1.54) is 60.4 Å². The zero-order valence-corrected chi connectivity index (χ0v) is 16.5. The first-order chi connectivity index (χ1) is 13.6. The summed E-state index contributed by atoms with van der Waals surface area (Å²) in [6.45, 7) is 2.13. The molecule has 4 saturated carbocycles. The first-order valence-corrected chi connectivity index (χ1v) is 10.9. The second kappa shape index (κ2) is 5.92. The average molecular weight is 371 g/mol. The molecule has 142 valence electrons. The lowest BCUT2D eigenvalue weighted by Crippen LogP contribution is -2.48. The van der Waals surface area contributed by atoms with Gasteiger partial charge >= 0.3 is 0 Å². The topological polar surface area (TPSA) is 0 Å². The highest BCUT2D eigenvalue weighted by atomic mass is 19.1. The van der Waals surface area contributed by atoms with Crippen molar-refractivity contribution in [3.63, 3.8) is 0 Å². The fourth-order valence-corrected chi connectivity index (χ4v) is 7.10. The summed E-state index contributed by atoms with van der Waals surface area (Å²) < 4.78 is 15.1. The number of aryl methyl sites for hydroxylation is 1. The minimum absolute atomic E-state index is 0.0158. The molecule has 0 aliphatic heterocycles. The second-order valence-electron chi connectivity index (χ2n) is 9.96. The molecule has 0 amide bonds. The molecule has 0 aromatic heterocycles. The number of fused-ring (bicyclic) bond motifs is 1. The minimum atomic E-state index is 0.0158. The van der Waals surface area contributed by atoms with E-state index in [1.807, 2.05) is 6.07 Å². The minimum Gasteiger partial charge on any atom is -0.207 e. The van der Waals surface area contributed by atoms with Crippen LogP contribution in [-0.4, -0.2) is 0 Å². The number of benzene rings is 3. The van der Waals surface area contributed by atoms with E-state index >= 15 is 4.39 Å². The quantitative estimate of drug-likeness (QED) is 0.440. The van der Waals surface area contributed by atoms with Crippen molar-refractivity contribution in [3.8, 4) is 11.1 Å². The molecule has 0 heterocycles. The van der Waals surface area contributed by atoms with Crippen LogP contribution in [0.25, 0.3) is 21.9 Å². The smallest absolute Gasteiger partial charge is 0.127 e. The Morgan fingerprint density at radius 2 is 1.29 bits per heavy atom. The van der Waals surface area contributed by atoms with Crippen molar-refractivity contribution in [2.75, 3.05) is 0 Å². The summed E-state index contributed by atoms with van der Waals surface area (Å²) >= 11 is 0. The van der Waals surface area contributed by atoms with E-state index in [0.717, 1.165) is 28.9 Å². The maximum Gasteiger partial charge on any atom is 0.127 e. The summed E-state index contributed by atoms with van der Waals surface area (Å²) in [5.41, 5.74) is 4.75.